The van der Waals surface area contributed by atoms with Gasteiger partial charge in [-0.3, -0.25) is 4.79 Å². The number of anilines is 1. The second kappa shape index (κ2) is 7.80. The fraction of sp³-hybridized carbons (Fsp3) is 0.333. The molecule has 140 valence electrons. The van der Waals surface area contributed by atoms with E-state index >= 15 is 0 Å². The van der Waals surface area contributed by atoms with Crippen molar-refractivity contribution < 1.29 is 14.3 Å². The number of imidazole rings is 1. The number of carbonyl (C=O) groups is 1. The molecule has 6 heteroatoms. The molecule has 4 rings (SSSR count). The maximum Gasteiger partial charge on any atom is 0.224 e. The first-order valence-corrected chi connectivity index (χ1v) is 9.25. The number of methoxy groups -OCH3 is 1. The molecule has 2 N–H and O–H groups in total. The predicted molar refractivity (Wildman–Crippen MR) is 104 cm³/mol. The van der Waals surface area contributed by atoms with Crippen LogP contribution in [0.2, 0.25) is 0 Å². The molecule has 1 saturated heterocycles. The van der Waals surface area contributed by atoms with Gasteiger partial charge in [0.05, 0.1) is 18.1 Å². The van der Waals surface area contributed by atoms with Gasteiger partial charge in [-0.05, 0) is 55.2 Å². The number of nitrogens with one attached hydrogen (secondary N) is 2. The molecule has 1 aliphatic heterocycles. The smallest absolute Gasteiger partial charge is 0.224 e. The molecule has 2 aromatic carbocycles. The summed E-state index contributed by atoms with van der Waals surface area (Å²) in [5, 5.41) is 2.96. The van der Waals surface area contributed by atoms with E-state index in [0.717, 1.165) is 53.3 Å². The number of fused-ring (bicyclic) bond motifs is 1. The van der Waals surface area contributed by atoms with E-state index in [9.17, 15) is 4.79 Å². The summed E-state index contributed by atoms with van der Waals surface area (Å²) in [5.74, 6) is 1.67. The molecule has 1 fully saturated rings. The number of hydrogen-bond donors (Lipinski definition) is 2. The number of aromatic amines is 1. The van der Waals surface area contributed by atoms with Crippen LogP contribution < -0.4 is 10.1 Å². The van der Waals surface area contributed by atoms with Crippen molar-refractivity contribution in [2.45, 2.75) is 31.8 Å². The third kappa shape index (κ3) is 4.11. The molecular weight excluding hydrogens is 342 g/mol. The number of ether oxygens (including phenoxy) is 2. The van der Waals surface area contributed by atoms with Crippen LogP contribution in [-0.4, -0.2) is 29.6 Å². The predicted octanol–water partition coefficient (Wildman–Crippen LogP) is 3.99. The van der Waals surface area contributed by atoms with Crippen molar-refractivity contribution in [2.24, 2.45) is 0 Å². The zero-order chi connectivity index (χ0) is 18.6. The number of rotatable bonds is 6. The summed E-state index contributed by atoms with van der Waals surface area (Å²) in [6.45, 7) is 0.789. The molecule has 1 unspecified atom stereocenters. The van der Waals surface area contributed by atoms with Gasteiger partial charge in [-0.2, -0.15) is 0 Å². The van der Waals surface area contributed by atoms with Crippen molar-refractivity contribution in [3.05, 3.63) is 53.9 Å². The Kier molecular flexibility index (Phi) is 5.07. The molecule has 1 amide bonds. The molecule has 0 radical (unpaired) electrons. The highest BCUT2D eigenvalue weighted by Gasteiger charge is 2.21. The van der Waals surface area contributed by atoms with Crippen LogP contribution in [0.5, 0.6) is 5.75 Å². The van der Waals surface area contributed by atoms with Crippen molar-refractivity contribution >= 4 is 22.6 Å². The summed E-state index contributed by atoms with van der Waals surface area (Å²) in [7, 11) is 1.64. The molecule has 1 aromatic heterocycles. The number of H-pyrrole nitrogens is 1. The molecule has 0 saturated carbocycles. The highest BCUT2D eigenvalue weighted by atomic mass is 16.5. The van der Waals surface area contributed by atoms with Crippen molar-refractivity contribution in [1.29, 1.82) is 0 Å². The minimum absolute atomic E-state index is 0.0102. The van der Waals surface area contributed by atoms with Crippen LogP contribution in [0.15, 0.2) is 42.5 Å². The van der Waals surface area contributed by atoms with E-state index in [4.69, 9.17) is 9.47 Å². The Labute approximate surface area is 157 Å². The molecule has 0 bridgehead atoms. The number of nitrogens with zero attached hydrogens (tertiary/aromatic N) is 1. The van der Waals surface area contributed by atoms with E-state index in [1.54, 1.807) is 7.11 Å². The van der Waals surface area contributed by atoms with Gasteiger partial charge in [0, 0.05) is 18.7 Å². The zero-order valence-electron chi connectivity index (χ0n) is 15.3. The number of carbonyl (C=O) groups excluding carboxylic acids is 1. The largest absolute Gasteiger partial charge is 0.497 e. The molecule has 6 nitrogen and oxygen atoms in total. The average molecular weight is 365 g/mol. The SMILES string of the molecule is COc1ccc(CCC(=O)Nc2ccc3nc(C4CCCO4)[nH]c3c2)cc1. The first kappa shape index (κ1) is 17.5. The van der Waals surface area contributed by atoms with E-state index in [1.807, 2.05) is 42.5 Å². The van der Waals surface area contributed by atoms with E-state index in [1.165, 1.54) is 0 Å². The summed E-state index contributed by atoms with van der Waals surface area (Å²) < 4.78 is 10.8. The van der Waals surface area contributed by atoms with Gasteiger partial charge in [0.1, 0.15) is 17.7 Å². The molecule has 2 heterocycles. The maximum atomic E-state index is 12.3. The van der Waals surface area contributed by atoms with Crippen LogP contribution in [0.1, 0.15) is 36.8 Å². The molecule has 0 spiro atoms. The summed E-state index contributed by atoms with van der Waals surface area (Å²) in [6, 6.07) is 13.5. The maximum absolute atomic E-state index is 12.3. The Morgan fingerprint density at radius 3 is 2.89 bits per heavy atom. The molecule has 27 heavy (non-hydrogen) atoms. The van der Waals surface area contributed by atoms with Crippen LogP contribution in [0.3, 0.4) is 0 Å². The van der Waals surface area contributed by atoms with Gasteiger partial charge in [0.2, 0.25) is 5.91 Å². The third-order valence-corrected chi connectivity index (χ3v) is 4.82. The zero-order valence-corrected chi connectivity index (χ0v) is 15.3. The van der Waals surface area contributed by atoms with E-state index in [2.05, 4.69) is 15.3 Å². The Bertz CT molecular complexity index is 927. The third-order valence-electron chi connectivity index (χ3n) is 4.82. The van der Waals surface area contributed by atoms with Crippen molar-refractivity contribution in [2.75, 3.05) is 19.0 Å². The number of amides is 1. The van der Waals surface area contributed by atoms with Crippen LogP contribution >= 0.6 is 0 Å². The fourth-order valence-corrected chi connectivity index (χ4v) is 3.33. The van der Waals surface area contributed by atoms with Crippen molar-refractivity contribution in [3.8, 4) is 5.75 Å². The van der Waals surface area contributed by atoms with Crippen molar-refractivity contribution in [3.63, 3.8) is 0 Å². The van der Waals surface area contributed by atoms with Gasteiger partial charge >= 0.3 is 0 Å². The molecule has 3 aromatic rings. The van der Waals surface area contributed by atoms with Gasteiger partial charge in [-0.1, -0.05) is 12.1 Å². The Balaban J connectivity index is 1.37. The van der Waals surface area contributed by atoms with Crippen LogP contribution in [0.25, 0.3) is 11.0 Å². The van der Waals surface area contributed by atoms with Gasteiger partial charge < -0.3 is 19.8 Å². The standard InChI is InChI=1S/C21H23N3O3/c1-26-16-8-4-14(5-9-16)6-11-20(25)22-15-7-10-17-18(13-15)24-21(23-17)19-3-2-12-27-19/h4-5,7-10,13,19H,2-3,6,11-12H2,1H3,(H,22,25)(H,23,24). The quantitative estimate of drug-likeness (QED) is 0.692. The van der Waals surface area contributed by atoms with E-state index in [0.29, 0.717) is 12.8 Å². The van der Waals surface area contributed by atoms with Crippen molar-refractivity contribution in [1.82, 2.24) is 9.97 Å². The second-order valence-electron chi connectivity index (χ2n) is 6.75. The van der Waals surface area contributed by atoms with Crippen LogP contribution in [-0.2, 0) is 16.0 Å². The lowest BCUT2D eigenvalue weighted by molar-refractivity contribution is -0.116. The summed E-state index contributed by atoms with van der Waals surface area (Å²) in [6.07, 6.45) is 3.23. The number of aromatic nitrogens is 2. The minimum Gasteiger partial charge on any atom is -0.497 e. The highest BCUT2D eigenvalue weighted by molar-refractivity contribution is 5.93. The van der Waals surface area contributed by atoms with Crippen LogP contribution in [0.4, 0.5) is 5.69 Å². The fourth-order valence-electron chi connectivity index (χ4n) is 3.33. The number of hydrogen-bond acceptors (Lipinski definition) is 4. The lowest BCUT2D eigenvalue weighted by atomic mass is 10.1. The monoisotopic (exact) mass is 365 g/mol. The van der Waals surface area contributed by atoms with Crippen LogP contribution in [0, 0.1) is 0 Å². The first-order chi connectivity index (χ1) is 13.2. The average Bonchev–Trinajstić information content (AvgIpc) is 3.36. The molecule has 1 aliphatic rings. The first-order valence-electron chi connectivity index (χ1n) is 9.25. The summed E-state index contributed by atoms with van der Waals surface area (Å²) >= 11 is 0. The summed E-state index contributed by atoms with van der Waals surface area (Å²) in [4.78, 5) is 20.2. The highest BCUT2D eigenvalue weighted by Crippen LogP contribution is 2.28. The molecular formula is C21H23N3O3. The normalized spacial score (nSPS) is 16.6. The number of aryl methyl sites for hydroxylation is 1. The Hall–Kier alpha value is -2.86. The van der Waals surface area contributed by atoms with Gasteiger partial charge in [-0.25, -0.2) is 4.98 Å². The molecule has 1 atom stereocenters. The van der Waals surface area contributed by atoms with Gasteiger partial charge in [0.25, 0.3) is 0 Å². The van der Waals surface area contributed by atoms with E-state index < -0.39 is 0 Å². The lowest BCUT2D eigenvalue weighted by Gasteiger charge is -2.06. The lowest BCUT2D eigenvalue weighted by Crippen LogP contribution is -2.12. The molecule has 0 aliphatic carbocycles. The number of benzene rings is 2. The van der Waals surface area contributed by atoms with Gasteiger partial charge in [0.15, 0.2) is 0 Å². The second-order valence-corrected chi connectivity index (χ2v) is 6.75. The Morgan fingerprint density at radius 2 is 2.15 bits per heavy atom. The minimum atomic E-state index is -0.0102. The summed E-state index contributed by atoms with van der Waals surface area (Å²) in [5.41, 5.74) is 3.67. The topological polar surface area (TPSA) is 76.2 Å². The Morgan fingerprint density at radius 1 is 1.30 bits per heavy atom. The van der Waals surface area contributed by atoms with Gasteiger partial charge in [-0.15, -0.1) is 0 Å². The van der Waals surface area contributed by atoms with E-state index in [-0.39, 0.29) is 12.0 Å².